The average Bonchev–Trinajstić information content (AvgIpc) is 2.28. The lowest BCUT2D eigenvalue weighted by Gasteiger charge is -2.35. The number of carboxylic acid groups (broad SMARTS) is 1. The minimum atomic E-state index is -0.887. The Balaban J connectivity index is 2.74. The second-order valence-electron chi connectivity index (χ2n) is 5.52. The van der Waals surface area contributed by atoms with Gasteiger partial charge in [0.15, 0.2) is 0 Å². The van der Waals surface area contributed by atoms with Crippen LogP contribution in [0.2, 0.25) is 0 Å². The standard InChI is InChI=1S/C15H21NO3/c1-15(2,3)16(10-9-14(18)19)13(17)11-12-7-5-4-6-8-12/h4-8H,9-11H2,1-3H3,(H,18,19). The summed E-state index contributed by atoms with van der Waals surface area (Å²) in [5, 5.41) is 8.76. The van der Waals surface area contributed by atoms with Gasteiger partial charge in [-0.15, -0.1) is 0 Å². The van der Waals surface area contributed by atoms with Crippen molar-refractivity contribution in [2.24, 2.45) is 0 Å². The summed E-state index contributed by atoms with van der Waals surface area (Å²) in [4.78, 5) is 24.6. The quantitative estimate of drug-likeness (QED) is 0.887. The van der Waals surface area contributed by atoms with E-state index in [0.717, 1.165) is 5.56 Å². The molecule has 0 atom stereocenters. The van der Waals surface area contributed by atoms with Crippen LogP contribution in [0.5, 0.6) is 0 Å². The van der Waals surface area contributed by atoms with Crippen LogP contribution < -0.4 is 0 Å². The van der Waals surface area contributed by atoms with Crippen LogP contribution in [0.25, 0.3) is 0 Å². The first-order valence-corrected chi connectivity index (χ1v) is 6.37. The number of carboxylic acids is 1. The van der Waals surface area contributed by atoms with Crippen molar-refractivity contribution in [3.8, 4) is 0 Å². The van der Waals surface area contributed by atoms with Crippen molar-refractivity contribution < 1.29 is 14.7 Å². The molecule has 0 saturated carbocycles. The van der Waals surface area contributed by atoms with Crippen LogP contribution in [-0.2, 0) is 16.0 Å². The number of carbonyl (C=O) groups is 2. The molecule has 0 fully saturated rings. The SMILES string of the molecule is CC(C)(C)N(CCC(=O)O)C(=O)Cc1ccccc1. The first-order chi connectivity index (χ1) is 8.80. The molecule has 1 aromatic carbocycles. The van der Waals surface area contributed by atoms with Gasteiger partial charge in [-0.3, -0.25) is 9.59 Å². The third kappa shape index (κ3) is 5.12. The van der Waals surface area contributed by atoms with E-state index in [2.05, 4.69) is 0 Å². The molecule has 4 heteroatoms. The number of hydrogen-bond acceptors (Lipinski definition) is 2. The van der Waals surface area contributed by atoms with Crippen LogP contribution in [0.15, 0.2) is 30.3 Å². The van der Waals surface area contributed by atoms with E-state index in [-0.39, 0.29) is 24.4 Å². The molecule has 0 unspecified atom stereocenters. The molecule has 1 aromatic rings. The Labute approximate surface area is 114 Å². The van der Waals surface area contributed by atoms with Gasteiger partial charge in [-0.25, -0.2) is 0 Å². The topological polar surface area (TPSA) is 57.6 Å². The normalized spacial score (nSPS) is 11.1. The molecule has 0 heterocycles. The van der Waals surface area contributed by atoms with Gasteiger partial charge in [0.25, 0.3) is 0 Å². The van der Waals surface area contributed by atoms with Crippen LogP contribution in [0, 0.1) is 0 Å². The van der Waals surface area contributed by atoms with Crippen LogP contribution in [0.3, 0.4) is 0 Å². The molecule has 0 radical (unpaired) electrons. The number of amides is 1. The minimum absolute atomic E-state index is 0.0300. The molecule has 0 aromatic heterocycles. The molecular formula is C15H21NO3. The Hall–Kier alpha value is -1.84. The fourth-order valence-electron chi connectivity index (χ4n) is 1.91. The summed E-state index contributed by atoms with van der Waals surface area (Å²) in [5.74, 6) is -0.929. The highest BCUT2D eigenvalue weighted by Crippen LogP contribution is 2.16. The molecule has 0 aliphatic heterocycles. The van der Waals surface area contributed by atoms with Gasteiger partial charge in [0.1, 0.15) is 0 Å². The predicted octanol–water partition coefficient (Wildman–Crippen LogP) is 2.33. The Kier molecular flexibility index (Phi) is 5.10. The van der Waals surface area contributed by atoms with Crippen molar-refractivity contribution in [3.05, 3.63) is 35.9 Å². The molecule has 1 N–H and O–H groups in total. The molecule has 0 saturated heterocycles. The molecule has 4 nitrogen and oxygen atoms in total. The van der Waals surface area contributed by atoms with E-state index in [1.165, 1.54) is 0 Å². The van der Waals surface area contributed by atoms with E-state index in [1.807, 2.05) is 51.1 Å². The molecule has 19 heavy (non-hydrogen) atoms. The molecule has 0 bridgehead atoms. The zero-order valence-electron chi connectivity index (χ0n) is 11.7. The van der Waals surface area contributed by atoms with Crippen LogP contribution in [0.4, 0.5) is 0 Å². The maximum atomic E-state index is 12.3. The summed E-state index contributed by atoms with van der Waals surface area (Å²) < 4.78 is 0. The van der Waals surface area contributed by atoms with E-state index in [4.69, 9.17) is 5.11 Å². The zero-order valence-corrected chi connectivity index (χ0v) is 11.7. The van der Waals surface area contributed by atoms with Crippen LogP contribution >= 0.6 is 0 Å². The second-order valence-corrected chi connectivity index (χ2v) is 5.52. The minimum Gasteiger partial charge on any atom is -0.481 e. The molecule has 104 valence electrons. The highest BCUT2D eigenvalue weighted by Gasteiger charge is 2.26. The van der Waals surface area contributed by atoms with Crippen molar-refractivity contribution in [1.29, 1.82) is 0 Å². The molecular weight excluding hydrogens is 242 g/mol. The van der Waals surface area contributed by atoms with E-state index < -0.39 is 5.97 Å². The molecule has 0 aliphatic carbocycles. The van der Waals surface area contributed by atoms with Gasteiger partial charge in [-0.2, -0.15) is 0 Å². The number of nitrogens with zero attached hydrogens (tertiary/aromatic N) is 1. The maximum absolute atomic E-state index is 12.3. The number of carbonyl (C=O) groups excluding carboxylic acids is 1. The van der Waals surface area contributed by atoms with E-state index >= 15 is 0 Å². The van der Waals surface area contributed by atoms with E-state index in [9.17, 15) is 9.59 Å². The first kappa shape index (κ1) is 15.2. The largest absolute Gasteiger partial charge is 0.481 e. The van der Waals surface area contributed by atoms with Crippen LogP contribution in [0.1, 0.15) is 32.8 Å². The highest BCUT2D eigenvalue weighted by atomic mass is 16.4. The fraction of sp³-hybridized carbons (Fsp3) is 0.467. The Morgan fingerprint density at radius 3 is 2.21 bits per heavy atom. The smallest absolute Gasteiger partial charge is 0.305 e. The monoisotopic (exact) mass is 263 g/mol. The molecule has 1 rings (SSSR count). The van der Waals surface area contributed by atoms with Crippen molar-refractivity contribution in [2.45, 2.75) is 39.2 Å². The summed E-state index contributed by atoms with van der Waals surface area (Å²) in [6, 6.07) is 9.48. The third-order valence-corrected chi connectivity index (χ3v) is 2.86. The van der Waals surface area contributed by atoms with Crippen molar-refractivity contribution in [3.63, 3.8) is 0 Å². The number of aliphatic carboxylic acids is 1. The lowest BCUT2D eigenvalue weighted by Crippen LogP contribution is -2.47. The Morgan fingerprint density at radius 1 is 1.16 bits per heavy atom. The van der Waals surface area contributed by atoms with E-state index in [0.29, 0.717) is 6.42 Å². The number of rotatable bonds is 5. The second kappa shape index (κ2) is 6.36. The summed E-state index contributed by atoms with van der Waals surface area (Å²) in [6.45, 7) is 5.98. The van der Waals surface area contributed by atoms with Crippen molar-refractivity contribution in [2.75, 3.05) is 6.54 Å². The predicted molar refractivity (Wildman–Crippen MR) is 73.9 cm³/mol. The molecule has 1 amide bonds. The van der Waals surface area contributed by atoms with Crippen molar-refractivity contribution >= 4 is 11.9 Å². The highest BCUT2D eigenvalue weighted by molar-refractivity contribution is 5.80. The maximum Gasteiger partial charge on any atom is 0.305 e. The molecule has 0 aliphatic rings. The zero-order chi connectivity index (χ0) is 14.5. The average molecular weight is 263 g/mol. The van der Waals surface area contributed by atoms with Gasteiger partial charge in [-0.05, 0) is 26.3 Å². The number of hydrogen-bond donors (Lipinski definition) is 1. The third-order valence-electron chi connectivity index (χ3n) is 2.86. The molecule has 0 spiro atoms. The van der Waals surface area contributed by atoms with Crippen LogP contribution in [-0.4, -0.2) is 34.0 Å². The summed E-state index contributed by atoms with van der Waals surface area (Å²) >= 11 is 0. The lowest BCUT2D eigenvalue weighted by atomic mass is 10.0. The lowest BCUT2D eigenvalue weighted by molar-refractivity contribution is -0.140. The van der Waals surface area contributed by atoms with Gasteiger partial charge in [0, 0.05) is 12.1 Å². The summed E-state index contributed by atoms with van der Waals surface area (Å²) in [7, 11) is 0. The van der Waals surface area contributed by atoms with Gasteiger partial charge >= 0.3 is 5.97 Å². The summed E-state index contributed by atoms with van der Waals surface area (Å²) in [6.07, 6.45) is 0.273. The Bertz CT molecular complexity index is 434. The van der Waals surface area contributed by atoms with Gasteiger partial charge < -0.3 is 10.0 Å². The fourth-order valence-corrected chi connectivity index (χ4v) is 1.91. The van der Waals surface area contributed by atoms with Crippen molar-refractivity contribution in [1.82, 2.24) is 4.90 Å². The van der Waals surface area contributed by atoms with Gasteiger partial charge in [0.05, 0.1) is 12.8 Å². The van der Waals surface area contributed by atoms with Gasteiger partial charge in [-0.1, -0.05) is 30.3 Å². The van der Waals surface area contributed by atoms with E-state index in [1.54, 1.807) is 4.90 Å². The Morgan fingerprint density at radius 2 is 1.74 bits per heavy atom. The first-order valence-electron chi connectivity index (χ1n) is 6.37. The number of benzene rings is 1. The van der Waals surface area contributed by atoms with Gasteiger partial charge in [0.2, 0.25) is 5.91 Å². The summed E-state index contributed by atoms with van der Waals surface area (Å²) in [5.41, 5.74) is 0.568.